The van der Waals surface area contributed by atoms with Crippen LogP contribution >= 0.6 is 46.4 Å². The third-order valence-electron chi connectivity index (χ3n) is 26.0. The van der Waals surface area contributed by atoms with E-state index < -0.39 is 62.4 Å². The van der Waals surface area contributed by atoms with Gasteiger partial charge < -0.3 is 37.9 Å². The molecule has 0 N–H and O–H groups in total. The molecular weight excluding hydrogens is 1550 g/mol. The maximum absolute atomic E-state index is 15.2. The Morgan fingerprint density at radius 3 is 0.816 bits per heavy atom. The lowest BCUT2D eigenvalue weighted by Crippen LogP contribution is -2.54. The van der Waals surface area contributed by atoms with Gasteiger partial charge in [0.1, 0.15) is 23.3 Å². The summed E-state index contributed by atoms with van der Waals surface area (Å²) in [5, 5.41) is 2.65. The van der Waals surface area contributed by atoms with E-state index in [9.17, 15) is 17.6 Å². The molecule has 20 heteroatoms. The van der Waals surface area contributed by atoms with E-state index in [0.29, 0.717) is 152 Å². The van der Waals surface area contributed by atoms with Crippen molar-refractivity contribution in [1.82, 2.24) is 0 Å². The minimum Gasteiger partial charge on any atom is -0.490 e. The zero-order valence-corrected chi connectivity index (χ0v) is 68.3. The molecule has 0 radical (unpaired) electrons. The van der Waals surface area contributed by atoms with Crippen LogP contribution < -0.4 is 18.9 Å². The lowest BCUT2D eigenvalue weighted by Gasteiger charge is -2.51. The van der Waals surface area contributed by atoms with E-state index >= 15 is 17.6 Å². The average Bonchev–Trinajstić information content (AvgIpc) is 0.871. The van der Waals surface area contributed by atoms with Crippen LogP contribution in [-0.2, 0) is 66.3 Å². The zero-order chi connectivity index (χ0) is 80.1. The minimum absolute atomic E-state index is 0.000572. The van der Waals surface area contributed by atoms with Gasteiger partial charge in [-0.05, 0) is 208 Å². The molecule has 17 rings (SSSR count). The van der Waals surface area contributed by atoms with Gasteiger partial charge >= 0.3 is 0 Å². The molecule has 0 unspecified atom stereocenters. The summed E-state index contributed by atoms with van der Waals surface area (Å²) in [6, 6.07) is 40.1. The van der Waals surface area contributed by atoms with Crippen LogP contribution in [0.15, 0.2) is 146 Å². The van der Waals surface area contributed by atoms with Gasteiger partial charge in [-0.25, -0.2) is 35.1 Å². The van der Waals surface area contributed by atoms with E-state index in [0.717, 1.165) is 110 Å². The first kappa shape index (κ1) is 83.9. The first-order valence-electron chi connectivity index (χ1n) is 41.0. The molecule has 8 aromatic rings. The summed E-state index contributed by atoms with van der Waals surface area (Å²) in [6.07, 6.45) is 17.7. The predicted octanol–water partition coefficient (Wildman–Crippen LogP) is 24.6. The molecule has 0 spiro atoms. The highest BCUT2D eigenvalue weighted by Gasteiger charge is 2.58. The Kier molecular flexibility index (Phi) is 27.0. The summed E-state index contributed by atoms with van der Waals surface area (Å²) in [5.41, 5.74) is 3.55. The lowest BCUT2D eigenvalue weighted by molar-refractivity contribution is -0.0996. The highest BCUT2D eigenvalue weighted by Crippen LogP contribution is 2.58. The van der Waals surface area contributed by atoms with Crippen LogP contribution in [0.5, 0.6) is 23.0 Å². The molecule has 8 aromatic carbocycles. The fourth-order valence-electron chi connectivity index (χ4n) is 20.3. The highest BCUT2D eigenvalue weighted by molar-refractivity contribution is 6.31. The van der Waals surface area contributed by atoms with Crippen molar-refractivity contribution in [3.8, 4) is 23.0 Å². The van der Waals surface area contributed by atoms with Crippen molar-refractivity contribution in [2.45, 2.75) is 202 Å². The highest BCUT2D eigenvalue weighted by atomic mass is 35.5. The van der Waals surface area contributed by atoms with Crippen molar-refractivity contribution < 1.29 is 73.0 Å². The Morgan fingerprint density at radius 2 is 0.570 bits per heavy atom. The molecule has 5 fully saturated rings. The predicted molar refractivity (Wildman–Crippen MR) is 431 cm³/mol. The van der Waals surface area contributed by atoms with Gasteiger partial charge in [0.25, 0.3) is 0 Å². The van der Waals surface area contributed by atoms with Gasteiger partial charge in [-0.3, -0.25) is 0 Å². The van der Waals surface area contributed by atoms with Crippen molar-refractivity contribution in [1.29, 1.82) is 0 Å². The van der Waals surface area contributed by atoms with Crippen LogP contribution in [0.1, 0.15) is 175 Å². The monoisotopic (exact) mass is 1650 g/mol. The molecule has 1 saturated carbocycles. The van der Waals surface area contributed by atoms with Crippen molar-refractivity contribution >= 4 is 46.4 Å². The summed E-state index contributed by atoms with van der Waals surface area (Å²) in [4.78, 5) is 0. The molecule has 0 aromatic heterocycles. The number of hydrogen-bond donors (Lipinski definition) is 0. The molecule has 1 aliphatic carbocycles. The second-order valence-electron chi connectivity index (χ2n) is 33.4. The molecule has 0 amide bonds. The molecule has 12 atom stereocenters. The second-order valence-corrected chi connectivity index (χ2v) is 35.1. The number of hydrogen-bond acceptors (Lipinski definition) is 8. The largest absolute Gasteiger partial charge is 0.490 e. The van der Waals surface area contributed by atoms with E-state index in [2.05, 4.69) is 27.7 Å². The fraction of sp³-hybridized carbons (Fsp3) is 0.489. The molecule has 8 nitrogen and oxygen atoms in total. The molecule has 610 valence electrons. The van der Waals surface area contributed by atoms with Gasteiger partial charge in [0.2, 0.25) is 0 Å². The number of rotatable bonds is 20. The summed E-state index contributed by atoms with van der Waals surface area (Å²) in [7, 11) is 0. The summed E-state index contributed by atoms with van der Waals surface area (Å²) in [6.45, 7) is 12.2. The second kappa shape index (κ2) is 36.7. The molecule has 8 heterocycles. The van der Waals surface area contributed by atoms with Crippen LogP contribution in [0.2, 0.25) is 20.1 Å². The van der Waals surface area contributed by atoms with Gasteiger partial charge in [0.15, 0.2) is 46.3 Å². The van der Waals surface area contributed by atoms with Crippen molar-refractivity contribution in [3.63, 3.8) is 0 Å². The van der Waals surface area contributed by atoms with Gasteiger partial charge in [0.05, 0.1) is 50.8 Å². The van der Waals surface area contributed by atoms with Crippen LogP contribution in [0.25, 0.3) is 0 Å². The quantitative estimate of drug-likeness (QED) is 0.0699. The number of ether oxygens (including phenoxy) is 8. The van der Waals surface area contributed by atoms with Gasteiger partial charge in [0, 0.05) is 114 Å². The average molecular weight is 1650 g/mol. The topological polar surface area (TPSA) is 73.8 Å². The first-order valence-corrected chi connectivity index (χ1v) is 42.5. The van der Waals surface area contributed by atoms with E-state index in [1.54, 1.807) is 0 Å². The summed E-state index contributed by atoms with van der Waals surface area (Å²) < 4.78 is 166. The SMILES string of the molecule is CC(C)CCC[C@H]1OCC[C@]2(Cc3ccc(Cl)cc3)c3c(F)ccc(F)c3OC[C@H]12.CCC[C@H]1OCC[C@]2(Cc3ccc(Cl)cc3)c3c(F)ccc(F)c3OC[C@H]12.CCC[C@H]1OCC[C@]2(Cc3ccc(Cl)cc3)c3c(F)ccc(F)c3OC[C@H]12.Fc1ccc(F)c2c1OC[C@@H]1[C@@H](CCCC3CC3)OCC[C@]21Cc1ccc(Cl)cc1. The Labute approximate surface area is 685 Å². The van der Waals surface area contributed by atoms with E-state index in [4.69, 9.17) is 84.3 Å². The normalized spacial score (nSPS) is 26.7. The van der Waals surface area contributed by atoms with Crippen LogP contribution in [-0.4, -0.2) is 77.3 Å². The maximum Gasteiger partial charge on any atom is 0.165 e. The Balaban J connectivity index is 0.000000126. The van der Waals surface area contributed by atoms with Gasteiger partial charge in [-0.2, -0.15) is 0 Å². The van der Waals surface area contributed by atoms with Crippen LogP contribution in [0.3, 0.4) is 0 Å². The standard InChI is InChI=1S/C25H27ClF2O2.C25H29ClF2O2.2C22H23ClF2O2/c26-18-8-6-17(7-9-18)14-25-12-13-29-22(3-1-2-16-4-5-16)19(25)15-30-24-21(28)11-10-20(27)23(24)25;1-16(2)4-3-5-22-19-15-30-24-21(28)11-10-20(27)23(24)25(19,12-13-29-22)14-17-6-8-18(26)9-7-17;2*1-2-3-19-16-13-27-21-18(25)9-8-17(24)20(21)22(16,10-11-26-19)12-14-4-6-15(23)7-5-14/h6-11,16,19,22H,1-5,12-15H2;6-11,16,19,22H,3-5,12-15H2,1-2H3;2*4-9,16,19H,2-3,10-13H2,1H3/t2*19-,22-,25-;2*16-,19-,22-/m1111/s1. The van der Waals surface area contributed by atoms with Crippen molar-refractivity contribution in [3.05, 3.63) is 257 Å². The number of benzene rings is 8. The van der Waals surface area contributed by atoms with Gasteiger partial charge in [-0.1, -0.05) is 174 Å². The molecule has 4 saturated heterocycles. The van der Waals surface area contributed by atoms with E-state index in [-0.39, 0.29) is 76.9 Å². The van der Waals surface area contributed by atoms with Gasteiger partial charge in [-0.15, -0.1) is 0 Å². The minimum atomic E-state index is -0.561. The molecule has 0 bridgehead atoms. The van der Waals surface area contributed by atoms with Crippen molar-refractivity contribution in [2.24, 2.45) is 35.5 Å². The Hall–Kier alpha value is -6.60. The number of halogens is 12. The lowest BCUT2D eigenvalue weighted by atomic mass is 9.60. The molecule has 9 aliphatic rings. The van der Waals surface area contributed by atoms with Crippen molar-refractivity contribution in [2.75, 3.05) is 52.9 Å². The first-order chi connectivity index (χ1) is 55.1. The van der Waals surface area contributed by atoms with Crippen LogP contribution in [0, 0.1) is 82.0 Å². The zero-order valence-electron chi connectivity index (χ0n) is 65.2. The Morgan fingerprint density at radius 1 is 0.325 bits per heavy atom. The smallest absolute Gasteiger partial charge is 0.165 e. The molecule has 114 heavy (non-hydrogen) atoms. The Bertz CT molecular complexity index is 4310. The summed E-state index contributed by atoms with van der Waals surface area (Å²) >= 11 is 24.2. The fourth-order valence-corrected chi connectivity index (χ4v) is 20.8. The summed E-state index contributed by atoms with van der Waals surface area (Å²) in [5.74, 6) is -1.86. The molecular formula is C94H102Cl4F8O8. The maximum atomic E-state index is 15.2. The third kappa shape index (κ3) is 17.8. The van der Waals surface area contributed by atoms with Crippen LogP contribution in [0.4, 0.5) is 35.1 Å². The van der Waals surface area contributed by atoms with E-state index in [1.165, 1.54) is 43.5 Å². The molecule has 8 aliphatic heterocycles. The number of fused-ring (bicyclic) bond motifs is 12. The van der Waals surface area contributed by atoms with E-state index in [1.807, 2.05) is 97.1 Å². The third-order valence-corrected chi connectivity index (χ3v) is 27.0.